The highest BCUT2D eigenvalue weighted by Crippen LogP contribution is 2.22. The molecule has 98 valence electrons. The van der Waals surface area contributed by atoms with E-state index in [9.17, 15) is 0 Å². The summed E-state index contributed by atoms with van der Waals surface area (Å²) >= 11 is 1.49. The molecule has 0 aromatic carbocycles. The zero-order chi connectivity index (χ0) is 12.5. The molecule has 0 saturated heterocycles. The van der Waals surface area contributed by atoms with Crippen molar-refractivity contribution in [3.8, 4) is 0 Å². The van der Waals surface area contributed by atoms with Gasteiger partial charge in [0.1, 0.15) is 0 Å². The number of ether oxygens (including phenoxy) is 1. The maximum Gasteiger partial charge on any atom is 0.0804 e. The summed E-state index contributed by atoms with van der Waals surface area (Å²) in [6.07, 6.45) is 3.16. The molecule has 1 rings (SSSR count). The molecule has 0 fully saturated rings. The molecule has 0 spiro atoms. The van der Waals surface area contributed by atoms with Gasteiger partial charge in [0.25, 0.3) is 0 Å². The van der Waals surface area contributed by atoms with Gasteiger partial charge in [-0.05, 0) is 30.9 Å². The molecule has 1 heterocycles. The van der Waals surface area contributed by atoms with Crippen LogP contribution in [0.1, 0.15) is 50.2 Å². The molecule has 0 saturated carbocycles. The summed E-state index contributed by atoms with van der Waals surface area (Å²) in [4.78, 5) is 1.24. The van der Waals surface area contributed by atoms with Crippen molar-refractivity contribution in [2.75, 3.05) is 19.8 Å². The van der Waals surface area contributed by atoms with E-state index in [1.165, 1.54) is 16.4 Å². The van der Waals surface area contributed by atoms with Crippen molar-refractivity contribution in [1.82, 2.24) is 14.9 Å². The average Bonchev–Trinajstić information content (AvgIpc) is 2.77. The third-order valence-electron chi connectivity index (χ3n) is 2.47. The average molecular weight is 257 g/mol. The summed E-state index contributed by atoms with van der Waals surface area (Å²) in [5.74, 6) is 0. The molecule has 0 radical (unpaired) electrons. The van der Waals surface area contributed by atoms with Gasteiger partial charge in [0.15, 0.2) is 0 Å². The van der Waals surface area contributed by atoms with Crippen LogP contribution in [0.4, 0.5) is 0 Å². The van der Waals surface area contributed by atoms with Crippen LogP contribution in [0.15, 0.2) is 0 Å². The van der Waals surface area contributed by atoms with Gasteiger partial charge in [-0.15, -0.1) is 5.10 Å². The Bertz CT molecular complexity index is 304. The van der Waals surface area contributed by atoms with Crippen molar-refractivity contribution >= 4 is 11.5 Å². The predicted molar refractivity (Wildman–Crippen MR) is 71.4 cm³/mol. The quantitative estimate of drug-likeness (QED) is 0.691. The van der Waals surface area contributed by atoms with E-state index in [-0.39, 0.29) is 6.04 Å². The molecule has 17 heavy (non-hydrogen) atoms. The highest BCUT2D eigenvalue weighted by Gasteiger charge is 2.18. The van der Waals surface area contributed by atoms with Crippen LogP contribution in [0.2, 0.25) is 0 Å². The van der Waals surface area contributed by atoms with Gasteiger partial charge in [-0.25, -0.2) is 0 Å². The lowest BCUT2D eigenvalue weighted by molar-refractivity contribution is 0.113. The Kier molecular flexibility index (Phi) is 7.32. The molecule has 0 amide bonds. The van der Waals surface area contributed by atoms with Crippen LogP contribution < -0.4 is 5.32 Å². The van der Waals surface area contributed by atoms with Crippen molar-refractivity contribution in [3.63, 3.8) is 0 Å². The van der Waals surface area contributed by atoms with Gasteiger partial charge >= 0.3 is 0 Å². The first-order chi connectivity index (χ1) is 8.33. The number of nitrogens with one attached hydrogen (secondary N) is 1. The van der Waals surface area contributed by atoms with Crippen molar-refractivity contribution in [2.45, 2.75) is 46.1 Å². The molecule has 4 nitrogen and oxygen atoms in total. The molecule has 1 N–H and O–H groups in total. The van der Waals surface area contributed by atoms with Crippen LogP contribution in [0.5, 0.6) is 0 Å². The summed E-state index contributed by atoms with van der Waals surface area (Å²) in [5.41, 5.74) is 1.13. The Balaban J connectivity index is 2.63. The second kappa shape index (κ2) is 8.55. The predicted octanol–water partition coefficient (Wildman–Crippen LogP) is 2.57. The van der Waals surface area contributed by atoms with Crippen LogP contribution in [0.25, 0.3) is 0 Å². The number of nitrogens with zero attached hydrogens (tertiary/aromatic N) is 2. The van der Waals surface area contributed by atoms with E-state index in [4.69, 9.17) is 4.74 Å². The molecule has 0 aliphatic carbocycles. The number of hydrogen-bond acceptors (Lipinski definition) is 5. The van der Waals surface area contributed by atoms with Gasteiger partial charge in [-0.1, -0.05) is 31.7 Å². The van der Waals surface area contributed by atoms with Crippen LogP contribution in [-0.2, 0) is 11.2 Å². The Hall–Kier alpha value is -0.520. The van der Waals surface area contributed by atoms with Crippen molar-refractivity contribution in [1.29, 1.82) is 0 Å². The fourth-order valence-corrected chi connectivity index (χ4v) is 2.46. The van der Waals surface area contributed by atoms with Gasteiger partial charge in [-0.3, -0.25) is 0 Å². The fraction of sp³-hybridized carbons (Fsp3) is 0.833. The maximum absolute atomic E-state index is 5.64. The van der Waals surface area contributed by atoms with Gasteiger partial charge in [0.2, 0.25) is 0 Å². The van der Waals surface area contributed by atoms with Gasteiger partial charge in [0.05, 0.1) is 23.2 Å². The Labute approximate surface area is 108 Å². The van der Waals surface area contributed by atoms with E-state index in [1.54, 1.807) is 0 Å². The molecule has 0 aliphatic rings. The van der Waals surface area contributed by atoms with Crippen LogP contribution in [-0.4, -0.2) is 29.3 Å². The second-order valence-corrected chi connectivity index (χ2v) is 4.80. The van der Waals surface area contributed by atoms with E-state index < -0.39 is 0 Å². The summed E-state index contributed by atoms with van der Waals surface area (Å²) < 4.78 is 9.71. The normalized spacial score (nSPS) is 12.9. The van der Waals surface area contributed by atoms with E-state index in [0.29, 0.717) is 6.61 Å². The van der Waals surface area contributed by atoms with Crippen molar-refractivity contribution in [3.05, 3.63) is 10.6 Å². The van der Waals surface area contributed by atoms with Gasteiger partial charge in [-0.2, -0.15) is 0 Å². The summed E-state index contributed by atoms with van der Waals surface area (Å²) in [7, 11) is 0. The lowest BCUT2D eigenvalue weighted by atomic mass is 10.1. The molecule has 0 aliphatic heterocycles. The summed E-state index contributed by atoms with van der Waals surface area (Å²) in [6.45, 7) is 8.86. The minimum Gasteiger partial charge on any atom is -0.379 e. The smallest absolute Gasteiger partial charge is 0.0804 e. The van der Waals surface area contributed by atoms with Crippen molar-refractivity contribution in [2.24, 2.45) is 0 Å². The minimum absolute atomic E-state index is 0.244. The maximum atomic E-state index is 5.64. The molecule has 1 aromatic rings. The third-order valence-corrected chi connectivity index (χ3v) is 3.35. The number of rotatable bonds is 9. The molecule has 1 unspecified atom stereocenters. The molecule has 0 bridgehead atoms. The number of hydrogen-bond donors (Lipinski definition) is 1. The Morgan fingerprint density at radius 3 is 2.76 bits per heavy atom. The van der Waals surface area contributed by atoms with E-state index in [1.807, 2.05) is 0 Å². The minimum atomic E-state index is 0.244. The lowest BCUT2D eigenvalue weighted by Crippen LogP contribution is -2.25. The number of aromatic nitrogens is 2. The highest BCUT2D eigenvalue weighted by atomic mass is 32.1. The highest BCUT2D eigenvalue weighted by molar-refractivity contribution is 7.05. The van der Waals surface area contributed by atoms with Gasteiger partial charge < -0.3 is 10.1 Å². The summed E-state index contributed by atoms with van der Waals surface area (Å²) in [5, 5.41) is 7.66. The second-order valence-electron chi connectivity index (χ2n) is 4.02. The first-order valence-corrected chi connectivity index (χ1v) is 7.23. The SMILES string of the molecule is CCCOCC(NCC)c1snnc1CCC. The lowest BCUT2D eigenvalue weighted by Gasteiger charge is -2.17. The monoisotopic (exact) mass is 257 g/mol. The standard InChI is InChI=1S/C12H23N3OS/c1-4-7-10-12(17-15-14-10)11(13-6-3)9-16-8-5-2/h11,13H,4-9H2,1-3H3. The van der Waals surface area contributed by atoms with Crippen molar-refractivity contribution < 1.29 is 4.74 Å². The number of likely N-dealkylation sites (N-methyl/N-ethyl adjacent to an activating group) is 1. The molecule has 5 heteroatoms. The topological polar surface area (TPSA) is 47.0 Å². The first-order valence-electron chi connectivity index (χ1n) is 6.45. The molecular formula is C12H23N3OS. The molecular weight excluding hydrogens is 234 g/mol. The van der Waals surface area contributed by atoms with Crippen LogP contribution >= 0.6 is 11.5 Å². The Morgan fingerprint density at radius 2 is 2.12 bits per heavy atom. The van der Waals surface area contributed by atoms with E-state index in [2.05, 4.69) is 35.7 Å². The fourth-order valence-electron chi connectivity index (χ4n) is 1.71. The van der Waals surface area contributed by atoms with Crippen LogP contribution in [0, 0.1) is 0 Å². The summed E-state index contributed by atoms with van der Waals surface area (Å²) in [6, 6.07) is 0.244. The van der Waals surface area contributed by atoms with E-state index in [0.717, 1.165) is 38.1 Å². The third kappa shape index (κ3) is 4.69. The molecule has 1 aromatic heterocycles. The zero-order valence-electron chi connectivity index (χ0n) is 11.0. The van der Waals surface area contributed by atoms with Gasteiger partial charge in [0, 0.05) is 6.61 Å². The molecule has 1 atom stereocenters. The Morgan fingerprint density at radius 1 is 1.29 bits per heavy atom. The zero-order valence-corrected chi connectivity index (χ0v) is 11.8. The largest absolute Gasteiger partial charge is 0.379 e. The van der Waals surface area contributed by atoms with Crippen LogP contribution in [0.3, 0.4) is 0 Å². The first kappa shape index (κ1) is 14.5. The number of aryl methyl sites for hydroxylation is 1. The van der Waals surface area contributed by atoms with E-state index >= 15 is 0 Å².